The van der Waals surface area contributed by atoms with E-state index in [1.807, 2.05) is 18.3 Å². The monoisotopic (exact) mass is 285 g/mol. The zero-order chi connectivity index (χ0) is 14.7. The van der Waals surface area contributed by atoms with Gasteiger partial charge in [-0.15, -0.1) is 0 Å². The van der Waals surface area contributed by atoms with E-state index in [1.54, 1.807) is 18.5 Å². The number of aliphatic hydroxyl groups is 1. The average molecular weight is 285 g/mol. The van der Waals surface area contributed by atoms with Crippen LogP contribution in [-0.4, -0.2) is 20.6 Å². The Balaban J connectivity index is 1.81. The summed E-state index contributed by atoms with van der Waals surface area (Å²) in [5, 5.41) is 12.2. The number of aromatic nitrogens is 2. The molecule has 1 aliphatic carbocycles. The van der Waals surface area contributed by atoms with Crippen LogP contribution < -0.4 is 5.32 Å². The minimum atomic E-state index is -0.158. The summed E-state index contributed by atoms with van der Waals surface area (Å²) in [5.74, 6) is -0.158. The zero-order valence-corrected chi connectivity index (χ0v) is 11.8. The summed E-state index contributed by atoms with van der Waals surface area (Å²) < 4.78 is 2.07. The zero-order valence-electron chi connectivity index (χ0n) is 11.8. The van der Waals surface area contributed by atoms with Crippen LogP contribution in [0.25, 0.3) is 0 Å². The molecule has 1 aliphatic rings. The van der Waals surface area contributed by atoms with Gasteiger partial charge in [0.05, 0.1) is 18.5 Å². The Hall–Kier alpha value is -2.14. The maximum Gasteiger partial charge on any atom is 0.272 e. The van der Waals surface area contributed by atoms with E-state index in [4.69, 9.17) is 0 Å². The van der Waals surface area contributed by atoms with Gasteiger partial charge in [-0.1, -0.05) is 12.8 Å². The molecule has 3 rings (SSSR count). The van der Waals surface area contributed by atoms with E-state index in [9.17, 15) is 9.90 Å². The molecular formula is C16H19N3O2. The fraction of sp³-hybridized carbons (Fsp3) is 0.375. The summed E-state index contributed by atoms with van der Waals surface area (Å²) in [4.78, 5) is 16.5. The van der Waals surface area contributed by atoms with Crippen LogP contribution in [0.2, 0.25) is 0 Å². The van der Waals surface area contributed by atoms with Crippen molar-refractivity contribution in [2.24, 2.45) is 0 Å². The third-order valence-electron chi connectivity index (χ3n) is 4.06. The molecule has 2 heterocycles. The summed E-state index contributed by atoms with van der Waals surface area (Å²) in [6.07, 6.45) is 9.84. The van der Waals surface area contributed by atoms with Crippen LogP contribution in [0.5, 0.6) is 0 Å². The summed E-state index contributed by atoms with van der Waals surface area (Å²) in [7, 11) is 0. The fourth-order valence-electron chi connectivity index (χ4n) is 2.95. The van der Waals surface area contributed by atoms with Gasteiger partial charge in [0.2, 0.25) is 0 Å². The number of hydrogen-bond acceptors (Lipinski definition) is 3. The lowest BCUT2D eigenvalue weighted by Gasteiger charge is -2.16. The van der Waals surface area contributed by atoms with Crippen molar-refractivity contribution >= 4 is 11.6 Å². The van der Waals surface area contributed by atoms with Crippen LogP contribution >= 0.6 is 0 Å². The SMILES string of the molecule is O=C(Nc1cnccc1CO)c1cccn1C1CCCC1. The third kappa shape index (κ3) is 2.83. The summed E-state index contributed by atoms with van der Waals surface area (Å²) in [6, 6.07) is 5.87. The average Bonchev–Trinajstić information content (AvgIpc) is 3.18. The number of rotatable bonds is 4. The smallest absolute Gasteiger partial charge is 0.272 e. The molecule has 110 valence electrons. The second kappa shape index (κ2) is 6.10. The maximum atomic E-state index is 12.5. The first-order valence-corrected chi connectivity index (χ1v) is 7.31. The molecule has 2 aromatic heterocycles. The van der Waals surface area contributed by atoms with Crippen LogP contribution in [-0.2, 0) is 6.61 Å². The predicted octanol–water partition coefficient (Wildman–Crippen LogP) is 2.74. The van der Waals surface area contributed by atoms with Crippen molar-refractivity contribution in [3.8, 4) is 0 Å². The van der Waals surface area contributed by atoms with Gasteiger partial charge in [-0.05, 0) is 31.0 Å². The normalized spacial score (nSPS) is 15.3. The van der Waals surface area contributed by atoms with Gasteiger partial charge in [0.1, 0.15) is 5.69 Å². The molecule has 0 aliphatic heterocycles. The van der Waals surface area contributed by atoms with E-state index < -0.39 is 0 Å². The van der Waals surface area contributed by atoms with Crippen LogP contribution in [0.1, 0.15) is 47.8 Å². The summed E-state index contributed by atoms with van der Waals surface area (Å²) in [6.45, 7) is -0.123. The molecule has 1 saturated carbocycles. The van der Waals surface area contributed by atoms with Crippen molar-refractivity contribution in [3.05, 3.63) is 48.0 Å². The second-order valence-corrected chi connectivity index (χ2v) is 5.38. The number of aliphatic hydroxyl groups excluding tert-OH is 1. The Labute approximate surface area is 123 Å². The van der Waals surface area contributed by atoms with E-state index >= 15 is 0 Å². The standard InChI is InChI=1S/C16H19N3O2/c20-11-12-7-8-17-10-14(12)18-16(21)15-6-3-9-19(15)13-4-1-2-5-13/h3,6-10,13,20H,1-2,4-5,11H2,(H,18,21). The number of nitrogens with zero attached hydrogens (tertiary/aromatic N) is 2. The summed E-state index contributed by atoms with van der Waals surface area (Å²) in [5.41, 5.74) is 1.89. The van der Waals surface area contributed by atoms with E-state index in [1.165, 1.54) is 12.8 Å². The van der Waals surface area contributed by atoms with Crippen molar-refractivity contribution in [3.63, 3.8) is 0 Å². The Morgan fingerprint density at radius 1 is 1.38 bits per heavy atom. The molecule has 2 aromatic rings. The minimum absolute atomic E-state index is 0.123. The van der Waals surface area contributed by atoms with Gasteiger partial charge >= 0.3 is 0 Å². The Kier molecular flexibility index (Phi) is 4.01. The molecule has 1 fully saturated rings. The fourth-order valence-corrected chi connectivity index (χ4v) is 2.95. The molecule has 5 heteroatoms. The van der Waals surface area contributed by atoms with Crippen molar-refractivity contribution < 1.29 is 9.90 Å². The van der Waals surface area contributed by atoms with E-state index in [-0.39, 0.29) is 12.5 Å². The highest BCUT2D eigenvalue weighted by Gasteiger charge is 2.21. The van der Waals surface area contributed by atoms with Crippen LogP contribution in [0, 0.1) is 0 Å². The molecule has 0 spiro atoms. The molecular weight excluding hydrogens is 266 g/mol. The van der Waals surface area contributed by atoms with E-state index in [2.05, 4.69) is 14.9 Å². The second-order valence-electron chi connectivity index (χ2n) is 5.38. The Bertz CT molecular complexity index is 630. The van der Waals surface area contributed by atoms with Crippen molar-refractivity contribution in [2.75, 3.05) is 5.32 Å². The van der Waals surface area contributed by atoms with Gasteiger partial charge in [-0.25, -0.2) is 0 Å². The molecule has 0 saturated heterocycles. The highest BCUT2D eigenvalue weighted by atomic mass is 16.3. The third-order valence-corrected chi connectivity index (χ3v) is 4.06. The van der Waals surface area contributed by atoms with Crippen molar-refractivity contribution in [1.29, 1.82) is 0 Å². The highest BCUT2D eigenvalue weighted by Crippen LogP contribution is 2.31. The molecule has 21 heavy (non-hydrogen) atoms. The van der Waals surface area contributed by atoms with Gasteiger partial charge in [0.25, 0.3) is 5.91 Å². The maximum absolute atomic E-state index is 12.5. The van der Waals surface area contributed by atoms with Gasteiger partial charge in [0, 0.05) is 24.0 Å². The molecule has 0 bridgehead atoms. The van der Waals surface area contributed by atoms with Crippen LogP contribution in [0.4, 0.5) is 5.69 Å². The molecule has 0 aromatic carbocycles. The number of amides is 1. The van der Waals surface area contributed by atoms with Gasteiger partial charge in [-0.3, -0.25) is 9.78 Å². The minimum Gasteiger partial charge on any atom is -0.392 e. The Morgan fingerprint density at radius 2 is 2.19 bits per heavy atom. The molecule has 1 amide bonds. The van der Waals surface area contributed by atoms with Crippen molar-refractivity contribution in [2.45, 2.75) is 38.3 Å². The molecule has 0 atom stereocenters. The van der Waals surface area contributed by atoms with Gasteiger partial charge < -0.3 is 15.0 Å². The lowest BCUT2D eigenvalue weighted by Crippen LogP contribution is -2.19. The van der Waals surface area contributed by atoms with E-state index in [0.717, 1.165) is 12.8 Å². The predicted molar refractivity (Wildman–Crippen MR) is 80.1 cm³/mol. The molecule has 0 unspecified atom stereocenters. The molecule has 0 radical (unpaired) electrons. The number of carbonyl (C=O) groups is 1. The van der Waals surface area contributed by atoms with Crippen LogP contribution in [0.3, 0.4) is 0 Å². The lowest BCUT2D eigenvalue weighted by molar-refractivity contribution is 0.101. The first-order chi connectivity index (χ1) is 10.3. The summed E-state index contributed by atoms with van der Waals surface area (Å²) >= 11 is 0. The number of carbonyl (C=O) groups excluding carboxylic acids is 1. The van der Waals surface area contributed by atoms with Crippen LogP contribution in [0.15, 0.2) is 36.8 Å². The highest BCUT2D eigenvalue weighted by molar-refractivity contribution is 6.03. The molecule has 2 N–H and O–H groups in total. The number of nitrogens with one attached hydrogen (secondary N) is 1. The number of pyridine rings is 1. The molecule has 5 nitrogen and oxygen atoms in total. The first kappa shape index (κ1) is 13.8. The largest absolute Gasteiger partial charge is 0.392 e. The van der Waals surface area contributed by atoms with Gasteiger partial charge in [0.15, 0.2) is 0 Å². The van der Waals surface area contributed by atoms with E-state index in [0.29, 0.717) is 23.0 Å². The van der Waals surface area contributed by atoms with Gasteiger partial charge in [-0.2, -0.15) is 0 Å². The topological polar surface area (TPSA) is 67.2 Å². The number of anilines is 1. The number of hydrogen-bond donors (Lipinski definition) is 2. The Morgan fingerprint density at radius 3 is 2.95 bits per heavy atom. The van der Waals surface area contributed by atoms with Crippen molar-refractivity contribution in [1.82, 2.24) is 9.55 Å². The lowest BCUT2D eigenvalue weighted by atomic mass is 10.2. The quantitative estimate of drug-likeness (QED) is 0.907. The first-order valence-electron chi connectivity index (χ1n) is 7.31.